The number of fused-ring (bicyclic) bond motifs is 1. The lowest BCUT2D eigenvalue weighted by Crippen LogP contribution is -2.33. The molecule has 0 radical (unpaired) electrons. The van der Waals surface area contributed by atoms with E-state index in [0.29, 0.717) is 12.1 Å². The van der Waals surface area contributed by atoms with E-state index in [-0.39, 0.29) is 24.0 Å². The first-order valence-electron chi connectivity index (χ1n) is 5.46. The lowest BCUT2D eigenvalue weighted by molar-refractivity contribution is 0.449. The molecule has 0 spiro atoms. The molecule has 0 aliphatic carbocycles. The fraction of sp³-hybridized carbons (Fsp3) is 0.364. The van der Waals surface area contributed by atoms with Crippen molar-refractivity contribution in [2.75, 3.05) is 19.3 Å². The summed E-state index contributed by atoms with van der Waals surface area (Å²) in [4.78, 5) is 1.62. The van der Waals surface area contributed by atoms with Crippen LogP contribution in [-0.2, 0) is 16.6 Å². The van der Waals surface area contributed by atoms with Gasteiger partial charge in [-0.25, -0.2) is 17.5 Å². The van der Waals surface area contributed by atoms with Crippen LogP contribution in [0.5, 0.6) is 0 Å². The SMILES string of the molecule is CNS(=O)(=O)CCN1Cc2ccc(F)cc2C1=N. The van der Waals surface area contributed by atoms with Crippen molar-refractivity contribution in [1.29, 1.82) is 5.41 Å². The van der Waals surface area contributed by atoms with Crippen LogP contribution in [0.2, 0.25) is 0 Å². The van der Waals surface area contributed by atoms with Crippen molar-refractivity contribution in [2.24, 2.45) is 0 Å². The highest BCUT2D eigenvalue weighted by molar-refractivity contribution is 7.89. The van der Waals surface area contributed by atoms with Crippen molar-refractivity contribution in [1.82, 2.24) is 9.62 Å². The van der Waals surface area contributed by atoms with Gasteiger partial charge >= 0.3 is 0 Å². The Labute approximate surface area is 105 Å². The molecular formula is C11H14FN3O2S. The van der Waals surface area contributed by atoms with E-state index in [2.05, 4.69) is 4.72 Å². The van der Waals surface area contributed by atoms with Crippen LogP contribution in [0.1, 0.15) is 11.1 Å². The fourth-order valence-corrected chi connectivity index (χ4v) is 2.55. The molecule has 0 aromatic heterocycles. The Morgan fingerprint density at radius 2 is 2.22 bits per heavy atom. The van der Waals surface area contributed by atoms with Crippen LogP contribution < -0.4 is 4.72 Å². The standard InChI is InChI=1S/C11H14FN3O2S/c1-14-18(16,17)5-4-15-7-8-2-3-9(12)6-10(8)11(15)13/h2-3,6,13-14H,4-5,7H2,1H3. The van der Waals surface area contributed by atoms with Gasteiger partial charge in [0.2, 0.25) is 10.0 Å². The Kier molecular flexibility index (Phi) is 3.36. The van der Waals surface area contributed by atoms with Crippen LogP contribution in [0.3, 0.4) is 0 Å². The van der Waals surface area contributed by atoms with Crippen LogP contribution >= 0.6 is 0 Å². The summed E-state index contributed by atoms with van der Waals surface area (Å²) in [5, 5.41) is 7.89. The predicted octanol–water partition coefficient (Wildman–Crippen LogP) is 0.516. The molecule has 2 N–H and O–H groups in total. The van der Waals surface area contributed by atoms with Crippen molar-refractivity contribution in [2.45, 2.75) is 6.54 Å². The van der Waals surface area contributed by atoms with Crippen LogP contribution in [0.25, 0.3) is 0 Å². The number of nitrogens with zero attached hydrogens (tertiary/aromatic N) is 1. The van der Waals surface area contributed by atoms with E-state index in [1.807, 2.05) is 0 Å². The molecule has 0 saturated carbocycles. The third kappa shape index (κ3) is 2.51. The minimum atomic E-state index is -3.29. The minimum absolute atomic E-state index is 0.0810. The van der Waals surface area contributed by atoms with E-state index in [1.165, 1.54) is 19.2 Å². The highest BCUT2D eigenvalue weighted by Gasteiger charge is 2.25. The molecule has 0 bridgehead atoms. The monoisotopic (exact) mass is 271 g/mol. The summed E-state index contributed by atoms with van der Waals surface area (Å²) in [7, 11) is -1.93. The molecule has 0 fully saturated rings. The van der Waals surface area contributed by atoms with Crippen molar-refractivity contribution >= 4 is 15.9 Å². The number of halogens is 1. The van der Waals surface area contributed by atoms with Gasteiger partial charge < -0.3 is 4.90 Å². The molecule has 0 saturated heterocycles. The van der Waals surface area contributed by atoms with Crippen LogP contribution in [0, 0.1) is 11.2 Å². The van der Waals surface area contributed by atoms with Crippen molar-refractivity contribution < 1.29 is 12.8 Å². The van der Waals surface area contributed by atoms with E-state index in [1.54, 1.807) is 11.0 Å². The minimum Gasteiger partial charge on any atom is -0.351 e. The van der Waals surface area contributed by atoms with Gasteiger partial charge in [0.1, 0.15) is 11.7 Å². The summed E-state index contributed by atoms with van der Waals surface area (Å²) in [6.07, 6.45) is 0. The molecule has 5 nitrogen and oxygen atoms in total. The molecule has 1 aliphatic rings. The Balaban J connectivity index is 2.10. The van der Waals surface area contributed by atoms with Gasteiger partial charge in [-0.1, -0.05) is 6.07 Å². The molecule has 0 amide bonds. The molecule has 0 unspecified atom stereocenters. The topological polar surface area (TPSA) is 73.3 Å². The van der Waals surface area contributed by atoms with Gasteiger partial charge in [0.15, 0.2) is 0 Å². The normalized spacial score (nSPS) is 15.0. The van der Waals surface area contributed by atoms with Gasteiger partial charge in [-0.05, 0) is 24.7 Å². The Bertz CT molecular complexity index is 586. The van der Waals surface area contributed by atoms with E-state index in [9.17, 15) is 12.8 Å². The highest BCUT2D eigenvalue weighted by atomic mass is 32.2. The molecule has 1 aromatic carbocycles. The molecule has 98 valence electrons. The number of sulfonamides is 1. The molecule has 18 heavy (non-hydrogen) atoms. The highest BCUT2D eigenvalue weighted by Crippen LogP contribution is 2.23. The Hall–Kier alpha value is -1.47. The zero-order chi connectivity index (χ0) is 13.3. The van der Waals surface area contributed by atoms with Gasteiger partial charge in [0.05, 0.1) is 5.75 Å². The predicted molar refractivity (Wildman–Crippen MR) is 66.5 cm³/mol. The summed E-state index contributed by atoms with van der Waals surface area (Å²) in [5.41, 5.74) is 1.39. The van der Waals surface area contributed by atoms with Gasteiger partial charge in [0, 0.05) is 18.7 Å². The summed E-state index contributed by atoms with van der Waals surface area (Å²) in [6.45, 7) is 0.673. The Morgan fingerprint density at radius 1 is 1.50 bits per heavy atom. The van der Waals surface area contributed by atoms with E-state index in [0.717, 1.165) is 5.56 Å². The van der Waals surface area contributed by atoms with Crippen LogP contribution in [0.15, 0.2) is 18.2 Å². The molecule has 0 atom stereocenters. The number of hydrogen-bond donors (Lipinski definition) is 2. The van der Waals surface area contributed by atoms with Gasteiger partial charge in [-0.2, -0.15) is 0 Å². The third-order valence-electron chi connectivity index (χ3n) is 2.95. The van der Waals surface area contributed by atoms with Gasteiger partial charge in [-0.15, -0.1) is 0 Å². The number of nitrogens with one attached hydrogen (secondary N) is 2. The molecule has 1 aliphatic heterocycles. The van der Waals surface area contributed by atoms with Crippen molar-refractivity contribution in [3.8, 4) is 0 Å². The van der Waals surface area contributed by atoms with E-state index >= 15 is 0 Å². The van der Waals surface area contributed by atoms with Crippen molar-refractivity contribution in [3.63, 3.8) is 0 Å². The largest absolute Gasteiger partial charge is 0.351 e. The zero-order valence-corrected chi connectivity index (χ0v) is 10.7. The maximum atomic E-state index is 13.1. The molecule has 1 aromatic rings. The summed E-state index contributed by atoms with van der Waals surface area (Å²) >= 11 is 0. The second-order valence-electron chi connectivity index (χ2n) is 4.09. The summed E-state index contributed by atoms with van der Waals surface area (Å²) in [5.74, 6) is -0.290. The van der Waals surface area contributed by atoms with E-state index in [4.69, 9.17) is 5.41 Å². The molecule has 7 heteroatoms. The second kappa shape index (κ2) is 4.66. The lowest BCUT2D eigenvalue weighted by atomic mass is 10.1. The average Bonchev–Trinajstić information content (AvgIpc) is 2.64. The number of hydrogen-bond acceptors (Lipinski definition) is 3. The van der Waals surface area contributed by atoms with Gasteiger partial charge in [0.25, 0.3) is 0 Å². The van der Waals surface area contributed by atoms with Crippen LogP contribution in [-0.4, -0.2) is 38.5 Å². The number of amidine groups is 1. The van der Waals surface area contributed by atoms with Crippen LogP contribution in [0.4, 0.5) is 4.39 Å². The zero-order valence-electron chi connectivity index (χ0n) is 9.90. The smallest absolute Gasteiger partial charge is 0.213 e. The maximum Gasteiger partial charge on any atom is 0.213 e. The number of rotatable bonds is 4. The Morgan fingerprint density at radius 3 is 2.89 bits per heavy atom. The fourth-order valence-electron chi connectivity index (χ4n) is 1.89. The van der Waals surface area contributed by atoms with Gasteiger partial charge in [-0.3, -0.25) is 5.41 Å². The first-order valence-corrected chi connectivity index (χ1v) is 7.12. The van der Waals surface area contributed by atoms with Crippen molar-refractivity contribution in [3.05, 3.63) is 35.1 Å². The number of benzene rings is 1. The molecule has 1 heterocycles. The second-order valence-corrected chi connectivity index (χ2v) is 6.14. The third-order valence-corrected chi connectivity index (χ3v) is 4.29. The molecular weight excluding hydrogens is 257 g/mol. The first-order chi connectivity index (χ1) is 8.43. The average molecular weight is 271 g/mol. The summed E-state index contributed by atoms with van der Waals surface area (Å²) < 4.78 is 37.9. The quantitative estimate of drug-likeness (QED) is 0.838. The summed E-state index contributed by atoms with van der Waals surface area (Å²) in [6, 6.07) is 4.29. The lowest BCUT2D eigenvalue weighted by Gasteiger charge is -2.17. The van der Waals surface area contributed by atoms with E-state index < -0.39 is 10.0 Å². The molecule has 2 rings (SSSR count). The first kappa shape index (κ1) is 13.0. The maximum absolute atomic E-state index is 13.1.